The van der Waals surface area contributed by atoms with Gasteiger partial charge in [0.05, 0.1) is 5.69 Å². The topological polar surface area (TPSA) is 48.1 Å². The lowest BCUT2D eigenvalue weighted by Gasteiger charge is -2.14. The van der Waals surface area contributed by atoms with Gasteiger partial charge in [-0.15, -0.1) is 0 Å². The minimum atomic E-state index is -0.268. The number of pyridine rings is 1. The van der Waals surface area contributed by atoms with Gasteiger partial charge in [0, 0.05) is 24.1 Å². The van der Waals surface area contributed by atoms with Gasteiger partial charge in [0.25, 0.3) is 0 Å². The maximum Gasteiger partial charge on any atom is 0.148 e. The molecule has 0 saturated carbocycles. The van der Waals surface area contributed by atoms with Crippen LogP contribution in [-0.2, 0) is 6.42 Å². The van der Waals surface area contributed by atoms with Crippen molar-refractivity contribution in [2.75, 3.05) is 6.54 Å². The van der Waals surface area contributed by atoms with Gasteiger partial charge in [-0.3, -0.25) is 4.98 Å². The summed E-state index contributed by atoms with van der Waals surface area (Å²) in [6, 6.07) is 8.50. The summed E-state index contributed by atoms with van der Waals surface area (Å²) < 4.78 is 19.7. The van der Waals surface area contributed by atoms with Crippen molar-refractivity contribution in [3.63, 3.8) is 0 Å². The number of aromatic nitrogens is 1. The van der Waals surface area contributed by atoms with Crippen LogP contribution in [0.25, 0.3) is 0 Å². The Hall–Kier alpha value is -1.94. The summed E-state index contributed by atoms with van der Waals surface area (Å²) in [7, 11) is 0. The molecular weight excluding hydrogens is 231 g/mol. The second-order valence-electron chi connectivity index (χ2n) is 4.34. The fraction of sp³-hybridized carbons (Fsp3) is 0.214. The third-order valence-electron chi connectivity index (χ3n) is 3.21. The van der Waals surface area contributed by atoms with Crippen molar-refractivity contribution in [2.45, 2.75) is 12.3 Å². The van der Waals surface area contributed by atoms with Crippen LogP contribution in [0.1, 0.15) is 17.2 Å². The average molecular weight is 244 g/mol. The fourth-order valence-corrected chi connectivity index (χ4v) is 2.33. The van der Waals surface area contributed by atoms with E-state index in [-0.39, 0.29) is 11.7 Å². The van der Waals surface area contributed by atoms with E-state index in [1.165, 1.54) is 6.07 Å². The first-order valence-corrected chi connectivity index (χ1v) is 5.90. The van der Waals surface area contributed by atoms with Crippen molar-refractivity contribution in [1.29, 1.82) is 0 Å². The zero-order valence-corrected chi connectivity index (χ0v) is 9.77. The Kier molecular flexibility index (Phi) is 2.72. The first-order valence-electron chi connectivity index (χ1n) is 5.90. The highest BCUT2D eigenvalue weighted by Crippen LogP contribution is 2.39. The van der Waals surface area contributed by atoms with Gasteiger partial charge in [-0.25, -0.2) is 4.39 Å². The van der Waals surface area contributed by atoms with Crippen molar-refractivity contribution in [1.82, 2.24) is 4.98 Å². The standard InChI is InChI=1S/C14H13FN2O/c15-10-3-1-4-13-14(10)9(8-16)7-11-12(18-13)5-2-6-17-11/h1-6,9H,7-8,16H2. The van der Waals surface area contributed by atoms with E-state index in [1.54, 1.807) is 24.4 Å². The number of halogens is 1. The van der Waals surface area contributed by atoms with Crippen molar-refractivity contribution < 1.29 is 9.13 Å². The molecule has 3 rings (SSSR count). The smallest absolute Gasteiger partial charge is 0.148 e. The Morgan fingerprint density at radius 1 is 1.28 bits per heavy atom. The number of nitrogens with two attached hydrogens (primary N) is 1. The summed E-state index contributed by atoms with van der Waals surface area (Å²) >= 11 is 0. The molecule has 1 aliphatic heterocycles. The second kappa shape index (κ2) is 4.38. The van der Waals surface area contributed by atoms with Gasteiger partial charge in [-0.1, -0.05) is 6.07 Å². The van der Waals surface area contributed by atoms with E-state index in [2.05, 4.69) is 4.98 Å². The number of ether oxygens (including phenoxy) is 1. The minimum absolute atomic E-state index is 0.0997. The molecule has 2 N–H and O–H groups in total. The molecule has 0 bridgehead atoms. The molecule has 2 aromatic rings. The van der Waals surface area contributed by atoms with Crippen LogP contribution < -0.4 is 10.5 Å². The molecule has 3 nitrogen and oxygen atoms in total. The lowest BCUT2D eigenvalue weighted by Crippen LogP contribution is -2.16. The normalized spacial score (nSPS) is 17.3. The predicted molar refractivity (Wildman–Crippen MR) is 66.2 cm³/mol. The molecule has 0 saturated heterocycles. The molecule has 0 fully saturated rings. The number of nitrogens with zero attached hydrogens (tertiary/aromatic N) is 1. The van der Waals surface area contributed by atoms with E-state index < -0.39 is 0 Å². The molecule has 0 radical (unpaired) electrons. The number of rotatable bonds is 1. The van der Waals surface area contributed by atoms with Crippen molar-refractivity contribution in [2.24, 2.45) is 5.73 Å². The number of fused-ring (bicyclic) bond motifs is 2. The van der Waals surface area contributed by atoms with Crippen LogP contribution in [0.2, 0.25) is 0 Å². The van der Waals surface area contributed by atoms with Crippen LogP contribution >= 0.6 is 0 Å². The predicted octanol–water partition coefficient (Wildman–Crippen LogP) is 2.61. The molecule has 1 atom stereocenters. The Balaban J connectivity index is 2.17. The summed E-state index contributed by atoms with van der Waals surface area (Å²) in [4.78, 5) is 4.29. The van der Waals surface area contributed by atoms with Crippen molar-refractivity contribution in [3.8, 4) is 11.5 Å². The van der Waals surface area contributed by atoms with Crippen LogP contribution in [0.15, 0.2) is 36.5 Å². The molecule has 0 spiro atoms. The van der Waals surface area contributed by atoms with Crippen molar-refractivity contribution >= 4 is 0 Å². The summed E-state index contributed by atoms with van der Waals surface area (Å²) in [6.07, 6.45) is 2.31. The zero-order valence-electron chi connectivity index (χ0n) is 9.77. The Labute approximate surface area is 104 Å². The first-order chi connectivity index (χ1) is 8.79. The van der Waals surface area contributed by atoms with Gasteiger partial charge in [-0.05, 0) is 30.8 Å². The van der Waals surface area contributed by atoms with Gasteiger partial charge in [0.2, 0.25) is 0 Å². The van der Waals surface area contributed by atoms with Crippen LogP contribution in [0.5, 0.6) is 11.5 Å². The second-order valence-corrected chi connectivity index (χ2v) is 4.34. The molecule has 2 heterocycles. The molecule has 1 aromatic heterocycles. The Bertz CT molecular complexity index is 586. The van der Waals surface area contributed by atoms with E-state index >= 15 is 0 Å². The van der Waals surface area contributed by atoms with Gasteiger partial charge >= 0.3 is 0 Å². The third-order valence-corrected chi connectivity index (χ3v) is 3.21. The lowest BCUT2D eigenvalue weighted by molar-refractivity contribution is 0.467. The SMILES string of the molecule is NCC1Cc2ncccc2Oc2cccc(F)c21. The van der Waals surface area contributed by atoms with E-state index in [4.69, 9.17) is 10.5 Å². The Morgan fingerprint density at radius 2 is 2.11 bits per heavy atom. The third kappa shape index (κ3) is 1.75. The van der Waals surface area contributed by atoms with E-state index in [0.717, 1.165) is 5.69 Å². The van der Waals surface area contributed by atoms with Crippen LogP contribution in [0, 0.1) is 5.82 Å². The van der Waals surface area contributed by atoms with E-state index in [1.807, 2.05) is 6.07 Å². The molecule has 92 valence electrons. The van der Waals surface area contributed by atoms with Crippen molar-refractivity contribution in [3.05, 3.63) is 53.6 Å². The molecule has 1 unspecified atom stereocenters. The minimum Gasteiger partial charge on any atom is -0.455 e. The van der Waals surface area contributed by atoms with Crippen LogP contribution in [0.3, 0.4) is 0 Å². The van der Waals surface area contributed by atoms with E-state index in [9.17, 15) is 4.39 Å². The summed E-state index contributed by atoms with van der Waals surface area (Å²) in [6.45, 7) is 0.368. The maximum atomic E-state index is 14.0. The largest absolute Gasteiger partial charge is 0.455 e. The highest BCUT2D eigenvalue weighted by Gasteiger charge is 2.25. The fourth-order valence-electron chi connectivity index (χ4n) is 2.33. The van der Waals surface area contributed by atoms with Crippen LogP contribution in [-0.4, -0.2) is 11.5 Å². The highest BCUT2D eigenvalue weighted by atomic mass is 19.1. The molecule has 1 aliphatic rings. The molecule has 4 heteroatoms. The maximum absolute atomic E-state index is 14.0. The summed E-state index contributed by atoms with van der Waals surface area (Å²) in [5.41, 5.74) is 7.14. The summed E-state index contributed by atoms with van der Waals surface area (Å²) in [5, 5.41) is 0. The molecular formula is C14H13FN2O. The number of benzene rings is 1. The molecule has 0 amide bonds. The molecule has 1 aromatic carbocycles. The number of hydrogen-bond donors (Lipinski definition) is 1. The van der Waals surface area contributed by atoms with Gasteiger partial charge < -0.3 is 10.5 Å². The van der Waals surface area contributed by atoms with Gasteiger partial charge in [0.1, 0.15) is 17.3 Å². The molecule has 0 aliphatic carbocycles. The average Bonchev–Trinajstić information content (AvgIpc) is 2.55. The molecule has 18 heavy (non-hydrogen) atoms. The highest BCUT2D eigenvalue weighted by molar-refractivity contribution is 5.45. The van der Waals surface area contributed by atoms with Crippen LogP contribution in [0.4, 0.5) is 4.39 Å². The first kappa shape index (κ1) is 11.2. The Morgan fingerprint density at radius 3 is 2.94 bits per heavy atom. The van der Waals surface area contributed by atoms with Gasteiger partial charge in [0.15, 0.2) is 0 Å². The van der Waals surface area contributed by atoms with E-state index in [0.29, 0.717) is 30.0 Å². The lowest BCUT2D eigenvalue weighted by atomic mass is 9.93. The summed E-state index contributed by atoms with van der Waals surface area (Å²) in [5.74, 6) is 0.852. The number of hydrogen-bond acceptors (Lipinski definition) is 3. The monoisotopic (exact) mass is 244 g/mol. The van der Waals surface area contributed by atoms with Gasteiger partial charge in [-0.2, -0.15) is 0 Å². The zero-order chi connectivity index (χ0) is 12.5. The quantitative estimate of drug-likeness (QED) is 0.838.